The number of nitrogens with one attached hydrogen (secondary N) is 1. The number of carbonyl (C=O) groups excluding carboxylic acids is 2. The van der Waals surface area contributed by atoms with Crippen molar-refractivity contribution in [2.75, 3.05) is 17.1 Å². The van der Waals surface area contributed by atoms with Gasteiger partial charge in [-0.2, -0.15) is 0 Å². The predicted molar refractivity (Wildman–Crippen MR) is 141 cm³/mol. The first-order valence-electron chi connectivity index (χ1n) is 10.6. The molecule has 0 fully saturated rings. The summed E-state index contributed by atoms with van der Waals surface area (Å²) in [6.07, 6.45) is 1.76. The monoisotopic (exact) mass is 591 g/mol. The molecule has 2 amide bonds. The van der Waals surface area contributed by atoms with Gasteiger partial charge in [0.1, 0.15) is 12.6 Å². The Balaban J connectivity index is 2.41. The zero-order valence-corrected chi connectivity index (χ0v) is 23.3. The van der Waals surface area contributed by atoms with E-state index < -0.39 is 28.5 Å². The quantitative estimate of drug-likeness (QED) is 0.427. The standard InChI is InChI=1S/C23H28BrCl2N3O4S/c1-5-15(2)27-23(31)16(3)28(13-17-9-10-20(25)21(26)11-17)22(30)14-29(34(4,32)33)19-8-6-7-18(24)12-19/h6-12,15-16H,5,13-14H2,1-4H3,(H,27,31)/t15-,16+/m0/s1. The van der Waals surface area contributed by atoms with E-state index in [2.05, 4.69) is 21.2 Å². The molecule has 0 unspecified atom stereocenters. The normalized spacial score (nSPS) is 13.1. The summed E-state index contributed by atoms with van der Waals surface area (Å²) < 4.78 is 26.8. The van der Waals surface area contributed by atoms with Crippen molar-refractivity contribution in [2.24, 2.45) is 0 Å². The molecule has 1 N–H and O–H groups in total. The number of sulfonamides is 1. The second kappa shape index (κ2) is 12.2. The van der Waals surface area contributed by atoms with Gasteiger partial charge < -0.3 is 10.2 Å². The Morgan fingerprint density at radius 1 is 1.09 bits per heavy atom. The molecule has 0 aliphatic rings. The molecule has 0 saturated carbocycles. The number of rotatable bonds is 10. The minimum atomic E-state index is -3.79. The number of carbonyl (C=O) groups is 2. The third kappa shape index (κ3) is 7.86. The molecule has 0 aromatic heterocycles. The smallest absolute Gasteiger partial charge is 0.244 e. The Morgan fingerprint density at radius 3 is 2.32 bits per heavy atom. The number of halogens is 3. The average molecular weight is 593 g/mol. The van der Waals surface area contributed by atoms with Gasteiger partial charge in [-0.25, -0.2) is 8.42 Å². The van der Waals surface area contributed by atoms with Gasteiger partial charge in [0.15, 0.2) is 0 Å². The minimum absolute atomic E-state index is 0.0426. The fourth-order valence-electron chi connectivity index (χ4n) is 3.13. The van der Waals surface area contributed by atoms with Crippen LogP contribution in [0.2, 0.25) is 10.0 Å². The Kier molecular flexibility index (Phi) is 10.2. The summed E-state index contributed by atoms with van der Waals surface area (Å²) in [6.45, 7) is 4.99. The van der Waals surface area contributed by atoms with Crippen LogP contribution in [-0.2, 0) is 26.2 Å². The van der Waals surface area contributed by atoms with Crippen molar-refractivity contribution < 1.29 is 18.0 Å². The molecule has 0 aliphatic carbocycles. The summed E-state index contributed by atoms with van der Waals surface area (Å²) in [5.74, 6) is -0.876. The summed E-state index contributed by atoms with van der Waals surface area (Å²) in [5.41, 5.74) is 0.982. The van der Waals surface area contributed by atoms with Gasteiger partial charge in [0.05, 0.1) is 22.0 Å². The molecule has 2 atom stereocenters. The van der Waals surface area contributed by atoms with Crippen molar-refractivity contribution >= 4 is 66.7 Å². The molecule has 0 aliphatic heterocycles. The van der Waals surface area contributed by atoms with Gasteiger partial charge in [-0.1, -0.05) is 58.2 Å². The molecule has 0 saturated heterocycles. The first-order chi connectivity index (χ1) is 15.8. The largest absolute Gasteiger partial charge is 0.352 e. The summed E-state index contributed by atoms with van der Waals surface area (Å²) in [6, 6.07) is 10.6. The topological polar surface area (TPSA) is 86.8 Å². The van der Waals surface area contributed by atoms with Crippen molar-refractivity contribution in [3.63, 3.8) is 0 Å². The zero-order valence-electron chi connectivity index (χ0n) is 19.4. The van der Waals surface area contributed by atoms with Crippen LogP contribution in [0.1, 0.15) is 32.8 Å². The number of benzene rings is 2. The molecule has 2 aromatic carbocycles. The highest BCUT2D eigenvalue weighted by Crippen LogP contribution is 2.25. The third-order valence-electron chi connectivity index (χ3n) is 5.28. The van der Waals surface area contributed by atoms with Crippen molar-refractivity contribution in [1.29, 1.82) is 0 Å². The average Bonchev–Trinajstić information content (AvgIpc) is 2.76. The van der Waals surface area contributed by atoms with Crippen molar-refractivity contribution in [2.45, 2.75) is 45.8 Å². The molecule has 34 heavy (non-hydrogen) atoms. The van der Waals surface area contributed by atoms with E-state index in [1.165, 1.54) is 4.90 Å². The van der Waals surface area contributed by atoms with Gasteiger partial charge >= 0.3 is 0 Å². The van der Waals surface area contributed by atoms with Crippen LogP contribution in [0.25, 0.3) is 0 Å². The molecule has 0 bridgehead atoms. The van der Waals surface area contributed by atoms with E-state index >= 15 is 0 Å². The Labute approximate surface area is 219 Å². The molecular formula is C23H28BrCl2N3O4S. The molecular weight excluding hydrogens is 565 g/mol. The van der Waals surface area contributed by atoms with E-state index in [-0.39, 0.29) is 18.5 Å². The van der Waals surface area contributed by atoms with Crippen LogP contribution in [-0.4, -0.2) is 50.0 Å². The number of hydrogen-bond acceptors (Lipinski definition) is 4. The third-order valence-corrected chi connectivity index (χ3v) is 7.65. The number of amides is 2. The SMILES string of the molecule is CC[C@H](C)NC(=O)[C@@H](C)N(Cc1ccc(Cl)c(Cl)c1)C(=O)CN(c1cccc(Br)c1)S(C)(=O)=O. The second-order valence-electron chi connectivity index (χ2n) is 8.01. The van der Waals surface area contributed by atoms with Gasteiger partial charge in [-0.15, -0.1) is 0 Å². The summed E-state index contributed by atoms with van der Waals surface area (Å²) in [7, 11) is -3.79. The van der Waals surface area contributed by atoms with Crippen LogP contribution in [0, 0.1) is 0 Å². The van der Waals surface area contributed by atoms with Crippen molar-refractivity contribution in [1.82, 2.24) is 10.2 Å². The van der Waals surface area contributed by atoms with E-state index in [1.54, 1.807) is 49.4 Å². The zero-order chi connectivity index (χ0) is 25.6. The van der Waals surface area contributed by atoms with E-state index in [4.69, 9.17) is 23.2 Å². The van der Waals surface area contributed by atoms with Crippen LogP contribution >= 0.6 is 39.1 Å². The highest BCUT2D eigenvalue weighted by atomic mass is 79.9. The van der Waals surface area contributed by atoms with Crippen LogP contribution in [0.4, 0.5) is 5.69 Å². The van der Waals surface area contributed by atoms with Crippen molar-refractivity contribution in [3.8, 4) is 0 Å². The Hall–Kier alpha value is -1.81. The lowest BCUT2D eigenvalue weighted by Gasteiger charge is -2.32. The highest BCUT2D eigenvalue weighted by Gasteiger charge is 2.30. The first-order valence-corrected chi connectivity index (χ1v) is 14.0. The highest BCUT2D eigenvalue weighted by molar-refractivity contribution is 9.10. The lowest BCUT2D eigenvalue weighted by Crippen LogP contribution is -2.52. The molecule has 2 aromatic rings. The molecule has 0 spiro atoms. The molecule has 7 nitrogen and oxygen atoms in total. The number of anilines is 1. The van der Waals surface area contributed by atoms with Gasteiger partial charge in [-0.05, 0) is 56.2 Å². The van der Waals surface area contributed by atoms with E-state index in [0.717, 1.165) is 17.0 Å². The molecule has 0 radical (unpaired) electrons. The fraction of sp³-hybridized carbons (Fsp3) is 0.391. The maximum atomic E-state index is 13.5. The van der Waals surface area contributed by atoms with Crippen LogP contribution in [0.3, 0.4) is 0 Å². The summed E-state index contributed by atoms with van der Waals surface area (Å²) in [5, 5.41) is 3.56. The van der Waals surface area contributed by atoms with Gasteiger partial charge in [0, 0.05) is 17.1 Å². The van der Waals surface area contributed by atoms with Gasteiger partial charge in [-0.3, -0.25) is 13.9 Å². The lowest BCUT2D eigenvalue weighted by molar-refractivity contribution is -0.139. The fourth-order valence-corrected chi connectivity index (χ4v) is 4.68. The maximum Gasteiger partial charge on any atom is 0.244 e. The van der Waals surface area contributed by atoms with Crippen LogP contribution in [0.15, 0.2) is 46.9 Å². The Morgan fingerprint density at radius 2 is 1.76 bits per heavy atom. The molecule has 2 rings (SSSR count). The van der Waals surface area contributed by atoms with Crippen LogP contribution < -0.4 is 9.62 Å². The summed E-state index contributed by atoms with van der Waals surface area (Å²) in [4.78, 5) is 27.7. The maximum absolute atomic E-state index is 13.5. The van der Waals surface area contributed by atoms with E-state index in [9.17, 15) is 18.0 Å². The van der Waals surface area contributed by atoms with E-state index in [0.29, 0.717) is 25.8 Å². The van der Waals surface area contributed by atoms with Gasteiger partial charge in [0.2, 0.25) is 21.8 Å². The first kappa shape index (κ1) is 28.4. The predicted octanol–water partition coefficient (Wildman–Crippen LogP) is 4.85. The Bertz CT molecular complexity index is 1150. The van der Waals surface area contributed by atoms with Crippen LogP contribution in [0.5, 0.6) is 0 Å². The molecule has 11 heteroatoms. The van der Waals surface area contributed by atoms with Gasteiger partial charge in [0.25, 0.3) is 0 Å². The second-order valence-corrected chi connectivity index (χ2v) is 11.7. The lowest BCUT2D eigenvalue weighted by atomic mass is 10.1. The molecule has 0 heterocycles. The summed E-state index contributed by atoms with van der Waals surface area (Å²) >= 11 is 15.5. The minimum Gasteiger partial charge on any atom is -0.352 e. The number of hydrogen-bond donors (Lipinski definition) is 1. The van der Waals surface area contributed by atoms with E-state index in [1.807, 2.05) is 13.8 Å². The number of nitrogens with zero attached hydrogens (tertiary/aromatic N) is 2. The van der Waals surface area contributed by atoms with Crippen molar-refractivity contribution in [3.05, 3.63) is 62.5 Å². The molecule has 186 valence electrons.